The van der Waals surface area contributed by atoms with E-state index < -0.39 is 0 Å². The van der Waals surface area contributed by atoms with Crippen molar-refractivity contribution < 1.29 is 9.59 Å². The quantitative estimate of drug-likeness (QED) is 0.717. The van der Waals surface area contributed by atoms with Crippen molar-refractivity contribution in [3.05, 3.63) is 0 Å². The predicted molar refractivity (Wildman–Crippen MR) is 67.3 cm³/mol. The van der Waals surface area contributed by atoms with Crippen molar-refractivity contribution in [1.29, 1.82) is 0 Å². The van der Waals surface area contributed by atoms with E-state index in [0.717, 1.165) is 25.7 Å². The molecule has 2 nitrogen and oxygen atoms in total. The molecule has 0 radical (unpaired) electrons. The van der Waals surface area contributed by atoms with Crippen molar-refractivity contribution in [3.8, 4) is 0 Å². The largest absolute Gasteiger partial charge is 0.286 e. The highest BCUT2D eigenvalue weighted by Gasteiger charge is 2.61. The molecule has 3 atom stereocenters. The van der Waals surface area contributed by atoms with Crippen molar-refractivity contribution >= 4 is 41.2 Å². The van der Waals surface area contributed by atoms with Gasteiger partial charge >= 0.3 is 0 Å². The van der Waals surface area contributed by atoms with Crippen LogP contribution in [0, 0.1) is 29.1 Å². The molecular formula is C12H14Br2O2. The van der Waals surface area contributed by atoms with Crippen LogP contribution in [0.15, 0.2) is 0 Å². The first kappa shape index (κ1) is 11.4. The second kappa shape index (κ2) is 3.64. The number of halogens is 2. The fraction of sp³-hybridized carbons (Fsp3) is 0.833. The van der Waals surface area contributed by atoms with Crippen molar-refractivity contribution in [2.75, 3.05) is 0 Å². The van der Waals surface area contributed by atoms with Gasteiger partial charge in [0.15, 0.2) is 0 Å². The van der Waals surface area contributed by atoms with Gasteiger partial charge in [0.1, 0.15) is 0 Å². The van der Waals surface area contributed by atoms with Gasteiger partial charge in [0.05, 0.1) is 5.41 Å². The summed E-state index contributed by atoms with van der Waals surface area (Å²) < 4.78 is 0.112. The van der Waals surface area contributed by atoms with Crippen LogP contribution in [0.5, 0.6) is 0 Å². The van der Waals surface area contributed by atoms with Gasteiger partial charge in [0.25, 0.3) is 0 Å². The molecule has 0 N–H and O–H groups in total. The molecule has 4 heteroatoms. The molecular weight excluding hydrogens is 336 g/mol. The molecule has 4 rings (SSSR count). The lowest BCUT2D eigenvalue weighted by atomic mass is 9.46. The second-order valence-electron chi connectivity index (χ2n) is 5.82. The number of carbonyl (C=O) groups excluding carboxylic acids is 2. The van der Waals surface area contributed by atoms with Crippen molar-refractivity contribution in [1.82, 2.24) is 0 Å². The lowest BCUT2D eigenvalue weighted by Gasteiger charge is -2.58. The van der Waals surface area contributed by atoms with Gasteiger partial charge in [-0.2, -0.15) is 0 Å². The molecule has 4 saturated carbocycles. The molecule has 4 aliphatic carbocycles. The SMILES string of the molecule is O=C(Br)C1C2CC3CC(C2)CC1(C(=O)Br)C3. The molecule has 16 heavy (non-hydrogen) atoms. The Kier molecular flexibility index (Phi) is 2.60. The summed E-state index contributed by atoms with van der Waals surface area (Å²) in [6, 6.07) is 0. The average Bonchev–Trinajstić information content (AvgIpc) is 2.14. The Hall–Kier alpha value is 0.300. The summed E-state index contributed by atoms with van der Waals surface area (Å²) in [6.07, 6.45) is 5.43. The summed E-state index contributed by atoms with van der Waals surface area (Å²) in [6.45, 7) is 0. The summed E-state index contributed by atoms with van der Waals surface area (Å²) in [4.78, 5) is 23.7. The van der Waals surface area contributed by atoms with Crippen LogP contribution in [0.1, 0.15) is 32.1 Å². The van der Waals surface area contributed by atoms with E-state index in [1.807, 2.05) is 0 Å². The summed E-state index contributed by atoms with van der Waals surface area (Å²) in [7, 11) is 0. The molecule has 4 fully saturated rings. The highest BCUT2D eigenvalue weighted by molar-refractivity contribution is 9.18. The minimum absolute atomic E-state index is 0.0455. The maximum Gasteiger partial charge on any atom is 0.204 e. The Bertz CT molecular complexity index is 352. The topological polar surface area (TPSA) is 34.1 Å². The van der Waals surface area contributed by atoms with Crippen LogP contribution >= 0.6 is 31.9 Å². The van der Waals surface area contributed by atoms with Gasteiger partial charge in [-0.15, -0.1) is 0 Å². The van der Waals surface area contributed by atoms with Crippen LogP contribution in [0.2, 0.25) is 0 Å². The normalized spacial score (nSPS) is 49.4. The molecule has 0 amide bonds. The van der Waals surface area contributed by atoms with Crippen LogP contribution < -0.4 is 0 Å². The van der Waals surface area contributed by atoms with Crippen molar-refractivity contribution in [2.24, 2.45) is 29.1 Å². The minimum atomic E-state index is -0.380. The molecule has 0 aromatic heterocycles. The number of rotatable bonds is 2. The second-order valence-corrected chi connectivity index (χ2v) is 7.32. The Labute approximate surface area is 112 Å². The number of hydrogen-bond donors (Lipinski definition) is 0. The molecule has 0 heterocycles. The zero-order chi connectivity index (χ0) is 11.5. The van der Waals surface area contributed by atoms with Crippen LogP contribution in [0.25, 0.3) is 0 Å². The number of carbonyl (C=O) groups is 2. The molecule has 4 aliphatic rings. The Morgan fingerprint density at radius 3 is 2.00 bits per heavy atom. The Morgan fingerprint density at radius 2 is 1.56 bits per heavy atom. The third-order valence-corrected chi connectivity index (χ3v) is 6.23. The Balaban J connectivity index is 2.05. The third kappa shape index (κ3) is 1.41. The van der Waals surface area contributed by atoms with Crippen molar-refractivity contribution in [3.63, 3.8) is 0 Å². The van der Waals surface area contributed by atoms with Gasteiger partial charge in [-0.1, -0.05) is 0 Å². The molecule has 0 spiro atoms. The van der Waals surface area contributed by atoms with E-state index in [4.69, 9.17) is 0 Å². The summed E-state index contributed by atoms with van der Waals surface area (Å²) in [5.41, 5.74) is -0.380. The minimum Gasteiger partial charge on any atom is -0.286 e. The summed E-state index contributed by atoms with van der Waals surface area (Å²) >= 11 is 6.28. The molecule has 3 unspecified atom stereocenters. The van der Waals surface area contributed by atoms with Crippen molar-refractivity contribution in [2.45, 2.75) is 32.1 Å². The lowest BCUT2D eigenvalue weighted by molar-refractivity contribution is -0.154. The Morgan fingerprint density at radius 1 is 1.00 bits per heavy atom. The van der Waals surface area contributed by atoms with E-state index >= 15 is 0 Å². The first-order valence-electron chi connectivity index (χ1n) is 5.92. The van der Waals surface area contributed by atoms with Gasteiger partial charge in [-0.3, -0.25) is 9.59 Å². The van der Waals surface area contributed by atoms with Gasteiger partial charge in [0.2, 0.25) is 9.39 Å². The predicted octanol–water partition coefficient (Wildman–Crippen LogP) is 3.27. The molecule has 4 bridgehead atoms. The van der Waals surface area contributed by atoms with Gasteiger partial charge < -0.3 is 0 Å². The molecule has 0 saturated heterocycles. The standard InChI is InChI=1S/C12H14Br2O2/c13-10(15)9-8-2-6-1-7(3-8)5-12(9,4-6)11(14)16/h6-9H,1-5H2. The molecule has 88 valence electrons. The fourth-order valence-electron chi connectivity index (χ4n) is 4.73. The highest BCUT2D eigenvalue weighted by atomic mass is 79.9. The zero-order valence-electron chi connectivity index (χ0n) is 8.92. The average molecular weight is 350 g/mol. The monoisotopic (exact) mass is 348 g/mol. The van der Waals surface area contributed by atoms with Gasteiger partial charge in [0, 0.05) is 5.92 Å². The van der Waals surface area contributed by atoms with Gasteiger partial charge in [-0.05, 0) is 81.7 Å². The molecule has 0 aliphatic heterocycles. The highest BCUT2D eigenvalue weighted by Crippen LogP contribution is 2.64. The molecule has 0 aromatic carbocycles. The molecule has 0 aromatic rings. The first-order chi connectivity index (χ1) is 7.53. The fourth-order valence-corrected chi connectivity index (χ4v) is 6.11. The van der Waals surface area contributed by atoms with Crippen LogP contribution in [0.4, 0.5) is 0 Å². The van der Waals surface area contributed by atoms with E-state index in [2.05, 4.69) is 31.9 Å². The van der Waals surface area contributed by atoms with Crippen LogP contribution in [-0.2, 0) is 9.59 Å². The van der Waals surface area contributed by atoms with Crippen LogP contribution in [0.3, 0.4) is 0 Å². The number of hydrogen-bond acceptors (Lipinski definition) is 2. The maximum atomic E-state index is 12.0. The van der Waals surface area contributed by atoms with E-state index in [9.17, 15) is 9.59 Å². The first-order valence-corrected chi connectivity index (χ1v) is 7.51. The maximum absolute atomic E-state index is 12.0. The summed E-state index contributed by atoms with van der Waals surface area (Å²) in [5.74, 6) is 1.73. The van der Waals surface area contributed by atoms with Gasteiger partial charge in [-0.25, -0.2) is 0 Å². The third-order valence-electron chi connectivity index (χ3n) is 4.95. The van der Waals surface area contributed by atoms with Crippen LogP contribution in [-0.4, -0.2) is 9.39 Å². The van der Waals surface area contributed by atoms with E-state index in [0.29, 0.717) is 17.8 Å². The lowest BCUT2D eigenvalue weighted by Crippen LogP contribution is -2.56. The van der Waals surface area contributed by atoms with E-state index in [-0.39, 0.29) is 20.7 Å². The zero-order valence-corrected chi connectivity index (χ0v) is 12.1. The van der Waals surface area contributed by atoms with E-state index in [1.54, 1.807) is 0 Å². The smallest absolute Gasteiger partial charge is 0.204 e. The van der Waals surface area contributed by atoms with E-state index in [1.165, 1.54) is 6.42 Å². The summed E-state index contributed by atoms with van der Waals surface area (Å²) in [5, 5.41) is 0.